The van der Waals surface area contributed by atoms with Crippen LogP contribution >= 0.6 is 0 Å². The third-order valence-corrected chi connectivity index (χ3v) is 5.22. The van der Waals surface area contributed by atoms with Gasteiger partial charge in [-0.1, -0.05) is 38.8 Å². The Hall–Kier alpha value is -2.63. The minimum Gasteiger partial charge on any atom is -0.351 e. The first-order valence-corrected chi connectivity index (χ1v) is 10.4. The van der Waals surface area contributed by atoms with Crippen molar-refractivity contribution in [2.24, 2.45) is 0 Å². The van der Waals surface area contributed by atoms with Crippen molar-refractivity contribution in [1.29, 1.82) is 0 Å². The second kappa shape index (κ2) is 9.53. The highest BCUT2D eigenvalue weighted by molar-refractivity contribution is 6.03. The maximum Gasteiger partial charge on any atom is 0.291 e. The molecule has 0 unspecified atom stereocenters. The van der Waals surface area contributed by atoms with Gasteiger partial charge in [0.15, 0.2) is 5.82 Å². The topological polar surface area (TPSA) is 76.0 Å². The summed E-state index contributed by atoms with van der Waals surface area (Å²) in [4.78, 5) is 29.9. The van der Waals surface area contributed by atoms with Crippen molar-refractivity contribution < 1.29 is 9.59 Å². The fourth-order valence-electron chi connectivity index (χ4n) is 3.57. The number of imidazole rings is 1. The third-order valence-electron chi connectivity index (χ3n) is 5.22. The molecule has 0 spiro atoms. The summed E-state index contributed by atoms with van der Waals surface area (Å²) in [6.45, 7) is 5.60. The summed E-state index contributed by atoms with van der Waals surface area (Å²) in [6, 6.07) is 7.81. The van der Waals surface area contributed by atoms with E-state index in [2.05, 4.69) is 29.5 Å². The number of nitrogens with one attached hydrogen (secondary N) is 2. The number of carbonyl (C=O) groups excluding carboxylic acids is 2. The van der Waals surface area contributed by atoms with Gasteiger partial charge < -0.3 is 15.2 Å². The largest absolute Gasteiger partial charge is 0.351 e. The Morgan fingerprint density at radius 1 is 1.07 bits per heavy atom. The maximum atomic E-state index is 12.8. The Kier molecular flexibility index (Phi) is 6.85. The lowest BCUT2D eigenvalue weighted by atomic mass is 10.1. The van der Waals surface area contributed by atoms with Crippen LogP contribution in [0.1, 0.15) is 78.3 Å². The number of nitrogens with zero attached hydrogens (tertiary/aromatic N) is 2. The number of fused-ring (bicyclic) bond motifs is 1. The zero-order chi connectivity index (χ0) is 19.9. The van der Waals surface area contributed by atoms with Crippen molar-refractivity contribution in [3.63, 3.8) is 0 Å². The number of unbranched alkanes of at least 4 members (excludes halogenated alkanes) is 2. The fourth-order valence-corrected chi connectivity index (χ4v) is 3.57. The van der Waals surface area contributed by atoms with Crippen LogP contribution in [0.2, 0.25) is 0 Å². The molecule has 6 heteroatoms. The predicted molar refractivity (Wildman–Crippen MR) is 111 cm³/mol. The van der Waals surface area contributed by atoms with E-state index in [-0.39, 0.29) is 11.8 Å². The van der Waals surface area contributed by atoms with Gasteiger partial charge in [0, 0.05) is 18.8 Å². The Bertz CT molecular complexity index is 824. The Balaban J connectivity index is 1.77. The molecule has 2 aromatic rings. The molecule has 2 heterocycles. The van der Waals surface area contributed by atoms with Crippen LogP contribution in [0.25, 0.3) is 0 Å². The van der Waals surface area contributed by atoms with Gasteiger partial charge in [-0.05, 0) is 49.8 Å². The summed E-state index contributed by atoms with van der Waals surface area (Å²) < 4.78 is 1.92. The van der Waals surface area contributed by atoms with E-state index < -0.39 is 0 Å². The number of carbonyl (C=O) groups is 2. The summed E-state index contributed by atoms with van der Waals surface area (Å²) in [6.07, 6.45) is 6.90. The van der Waals surface area contributed by atoms with Crippen LogP contribution in [0.15, 0.2) is 24.3 Å². The number of hydrogen-bond donors (Lipinski definition) is 2. The van der Waals surface area contributed by atoms with Crippen LogP contribution in [0.3, 0.4) is 0 Å². The number of benzene rings is 1. The average Bonchev–Trinajstić information content (AvgIpc) is 3.11. The summed E-state index contributed by atoms with van der Waals surface area (Å²) in [7, 11) is 0. The van der Waals surface area contributed by atoms with Crippen molar-refractivity contribution in [3.05, 3.63) is 47.0 Å². The molecule has 1 aliphatic rings. The standard InChI is InChI=1S/C22H30N4O2/c1-3-5-7-14-23-21(27)19-18-9-6-8-15-26(18)20(25-19)22(28)24-17-12-10-16(4-2)11-13-17/h10-13H,3-9,14-15H2,1-2H3,(H,23,27)(H,24,28). The van der Waals surface area contributed by atoms with Crippen molar-refractivity contribution >= 4 is 17.5 Å². The molecule has 3 rings (SSSR count). The van der Waals surface area contributed by atoms with Crippen molar-refractivity contribution in [2.75, 3.05) is 11.9 Å². The van der Waals surface area contributed by atoms with E-state index in [1.807, 2.05) is 28.8 Å². The average molecular weight is 383 g/mol. The zero-order valence-electron chi connectivity index (χ0n) is 16.9. The molecule has 0 saturated heterocycles. The molecule has 2 amide bonds. The zero-order valence-corrected chi connectivity index (χ0v) is 16.9. The van der Waals surface area contributed by atoms with Gasteiger partial charge in [0.2, 0.25) is 0 Å². The molecule has 6 nitrogen and oxygen atoms in total. The van der Waals surface area contributed by atoms with Gasteiger partial charge in [0.05, 0.1) is 5.69 Å². The van der Waals surface area contributed by atoms with Crippen LogP contribution < -0.4 is 10.6 Å². The molecule has 0 aliphatic carbocycles. The molecule has 0 fully saturated rings. The van der Waals surface area contributed by atoms with Crippen LogP contribution in [0.5, 0.6) is 0 Å². The van der Waals surface area contributed by atoms with E-state index in [0.29, 0.717) is 18.1 Å². The van der Waals surface area contributed by atoms with Gasteiger partial charge in [0.25, 0.3) is 11.8 Å². The normalized spacial score (nSPS) is 13.1. The molecule has 150 valence electrons. The molecule has 1 aliphatic heterocycles. The SMILES string of the molecule is CCCCCNC(=O)c1nc(C(=O)Nc2ccc(CC)cc2)n2c1CCCC2. The lowest BCUT2D eigenvalue weighted by Crippen LogP contribution is -2.26. The molecule has 2 N–H and O–H groups in total. The van der Waals surface area contributed by atoms with E-state index in [9.17, 15) is 9.59 Å². The number of hydrogen-bond acceptors (Lipinski definition) is 3. The van der Waals surface area contributed by atoms with Crippen LogP contribution in [-0.2, 0) is 19.4 Å². The highest BCUT2D eigenvalue weighted by atomic mass is 16.2. The van der Waals surface area contributed by atoms with Gasteiger partial charge in [-0.15, -0.1) is 0 Å². The maximum absolute atomic E-state index is 12.8. The first-order valence-electron chi connectivity index (χ1n) is 10.4. The molecular weight excluding hydrogens is 352 g/mol. The monoisotopic (exact) mass is 382 g/mol. The van der Waals surface area contributed by atoms with E-state index in [1.54, 1.807) is 0 Å². The number of rotatable bonds is 8. The summed E-state index contributed by atoms with van der Waals surface area (Å²) in [5.41, 5.74) is 3.24. The second-order valence-corrected chi connectivity index (χ2v) is 7.31. The van der Waals surface area contributed by atoms with Gasteiger partial charge in [-0.2, -0.15) is 0 Å². The molecule has 1 aromatic heterocycles. The van der Waals surface area contributed by atoms with Crippen LogP contribution in [-0.4, -0.2) is 27.9 Å². The second-order valence-electron chi connectivity index (χ2n) is 7.31. The minimum absolute atomic E-state index is 0.173. The van der Waals surface area contributed by atoms with Gasteiger partial charge in [0.1, 0.15) is 5.69 Å². The summed E-state index contributed by atoms with van der Waals surface area (Å²) >= 11 is 0. The molecule has 28 heavy (non-hydrogen) atoms. The van der Waals surface area contributed by atoms with Crippen molar-refractivity contribution in [1.82, 2.24) is 14.9 Å². The molecular formula is C22H30N4O2. The molecule has 0 bridgehead atoms. The van der Waals surface area contributed by atoms with Crippen LogP contribution in [0, 0.1) is 0 Å². The Morgan fingerprint density at radius 2 is 1.86 bits per heavy atom. The van der Waals surface area contributed by atoms with Gasteiger partial charge in [-0.25, -0.2) is 4.98 Å². The molecule has 0 atom stereocenters. The Labute approximate surface area is 166 Å². The molecule has 1 aromatic carbocycles. The fraction of sp³-hybridized carbons (Fsp3) is 0.500. The number of anilines is 1. The smallest absolute Gasteiger partial charge is 0.291 e. The van der Waals surface area contributed by atoms with Gasteiger partial charge in [-0.3, -0.25) is 9.59 Å². The van der Waals surface area contributed by atoms with E-state index in [4.69, 9.17) is 0 Å². The number of amides is 2. The lowest BCUT2D eigenvalue weighted by Gasteiger charge is -2.17. The quantitative estimate of drug-likeness (QED) is 0.679. The summed E-state index contributed by atoms with van der Waals surface area (Å²) in [5.74, 6) is -0.112. The van der Waals surface area contributed by atoms with E-state index >= 15 is 0 Å². The van der Waals surface area contributed by atoms with E-state index in [0.717, 1.165) is 62.9 Å². The highest BCUT2D eigenvalue weighted by Gasteiger charge is 2.27. The third kappa shape index (κ3) is 4.61. The summed E-state index contributed by atoms with van der Waals surface area (Å²) in [5, 5.41) is 5.87. The predicted octanol–water partition coefficient (Wildman–Crippen LogP) is 3.95. The first-order chi connectivity index (χ1) is 13.6. The van der Waals surface area contributed by atoms with Crippen molar-refractivity contribution in [3.8, 4) is 0 Å². The lowest BCUT2D eigenvalue weighted by molar-refractivity contribution is 0.0947. The molecule has 0 radical (unpaired) electrons. The number of aromatic nitrogens is 2. The van der Waals surface area contributed by atoms with Crippen molar-refractivity contribution in [2.45, 2.75) is 65.3 Å². The first kappa shape index (κ1) is 20.1. The van der Waals surface area contributed by atoms with Crippen LogP contribution in [0.4, 0.5) is 5.69 Å². The Morgan fingerprint density at radius 3 is 2.57 bits per heavy atom. The minimum atomic E-state index is -0.266. The van der Waals surface area contributed by atoms with E-state index in [1.165, 1.54) is 5.56 Å². The van der Waals surface area contributed by atoms with Gasteiger partial charge >= 0.3 is 0 Å². The number of aryl methyl sites for hydroxylation is 1. The highest BCUT2D eigenvalue weighted by Crippen LogP contribution is 2.22. The molecule has 0 saturated carbocycles.